The highest BCUT2D eigenvalue weighted by Gasteiger charge is 2.38. The molecule has 1 aromatic rings. The summed E-state index contributed by atoms with van der Waals surface area (Å²) in [5.41, 5.74) is 6.39. The molecule has 144 valence electrons. The van der Waals surface area contributed by atoms with Crippen LogP contribution in [0.25, 0.3) is 0 Å². The van der Waals surface area contributed by atoms with Crippen molar-refractivity contribution in [3.05, 3.63) is 23.8 Å². The van der Waals surface area contributed by atoms with Crippen molar-refractivity contribution in [2.45, 2.75) is 51.2 Å². The highest BCUT2D eigenvalue weighted by Crippen LogP contribution is 2.33. The Labute approximate surface area is 155 Å². The minimum atomic E-state index is -0.506. The van der Waals surface area contributed by atoms with Gasteiger partial charge in [-0.1, -0.05) is 6.07 Å². The minimum Gasteiger partial charge on any atom is -0.493 e. The van der Waals surface area contributed by atoms with Crippen molar-refractivity contribution in [3.8, 4) is 11.5 Å². The molecule has 26 heavy (non-hydrogen) atoms. The predicted molar refractivity (Wildman–Crippen MR) is 99.3 cm³/mol. The van der Waals surface area contributed by atoms with Gasteiger partial charge in [0.25, 0.3) is 0 Å². The summed E-state index contributed by atoms with van der Waals surface area (Å²) in [7, 11) is 1.65. The lowest BCUT2D eigenvalue weighted by Gasteiger charge is -2.34. The van der Waals surface area contributed by atoms with E-state index in [0.29, 0.717) is 39.1 Å². The van der Waals surface area contributed by atoms with Crippen molar-refractivity contribution in [2.24, 2.45) is 11.1 Å². The predicted octanol–water partition coefficient (Wildman–Crippen LogP) is 2.39. The molecule has 1 aliphatic carbocycles. The van der Waals surface area contributed by atoms with Crippen LogP contribution >= 0.6 is 0 Å². The Morgan fingerprint density at radius 2 is 2.00 bits per heavy atom. The van der Waals surface area contributed by atoms with Crippen LogP contribution in [0.4, 0.5) is 0 Å². The number of methoxy groups -OCH3 is 1. The maximum atomic E-state index is 12.7. The first kappa shape index (κ1) is 19.0. The van der Waals surface area contributed by atoms with Gasteiger partial charge in [-0.2, -0.15) is 0 Å². The lowest BCUT2D eigenvalue weighted by Crippen LogP contribution is -2.48. The second-order valence-electron chi connectivity index (χ2n) is 7.29. The van der Waals surface area contributed by atoms with Crippen LogP contribution < -0.4 is 20.5 Å². The fraction of sp³-hybridized carbons (Fsp3) is 0.650. The molecule has 6 nitrogen and oxygen atoms in total. The number of nitrogens with two attached hydrogens (primary N) is 1. The summed E-state index contributed by atoms with van der Waals surface area (Å²) in [4.78, 5) is 12.7. The van der Waals surface area contributed by atoms with E-state index in [2.05, 4.69) is 5.32 Å². The van der Waals surface area contributed by atoms with Crippen molar-refractivity contribution < 1.29 is 19.0 Å². The van der Waals surface area contributed by atoms with Crippen molar-refractivity contribution in [1.29, 1.82) is 0 Å². The summed E-state index contributed by atoms with van der Waals surface area (Å²) in [5.74, 6) is 1.50. The topological polar surface area (TPSA) is 82.8 Å². The van der Waals surface area contributed by atoms with Crippen LogP contribution in [-0.4, -0.2) is 38.9 Å². The van der Waals surface area contributed by atoms with E-state index in [-0.39, 0.29) is 12.0 Å². The van der Waals surface area contributed by atoms with Crippen LogP contribution in [0.3, 0.4) is 0 Å². The number of carbonyl (C=O) groups excluding carboxylic acids is 1. The number of ether oxygens (including phenoxy) is 3. The van der Waals surface area contributed by atoms with E-state index in [9.17, 15) is 4.79 Å². The smallest absolute Gasteiger partial charge is 0.227 e. The van der Waals surface area contributed by atoms with Gasteiger partial charge in [0.05, 0.1) is 18.6 Å². The molecule has 1 saturated carbocycles. The first-order valence-electron chi connectivity index (χ1n) is 9.56. The third-order valence-electron chi connectivity index (χ3n) is 5.60. The largest absolute Gasteiger partial charge is 0.493 e. The van der Waals surface area contributed by atoms with Crippen LogP contribution in [-0.2, 0) is 16.1 Å². The highest BCUT2D eigenvalue weighted by molar-refractivity contribution is 5.83. The van der Waals surface area contributed by atoms with Crippen molar-refractivity contribution in [2.75, 3.05) is 26.9 Å². The number of hydrogen-bond acceptors (Lipinski definition) is 5. The molecule has 0 unspecified atom stereocenters. The molecule has 1 amide bonds. The molecule has 1 saturated heterocycles. The minimum absolute atomic E-state index is 0.0115. The number of rotatable bonds is 7. The maximum Gasteiger partial charge on any atom is 0.227 e. The van der Waals surface area contributed by atoms with E-state index in [1.807, 2.05) is 18.2 Å². The average Bonchev–Trinajstić information content (AvgIpc) is 3.20. The fourth-order valence-corrected chi connectivity index (χ4v) is 3.76. The van der Waals surface area contributed by atoms with Crippen molar-refractivity contribution in [3.63, 3.8) is 0 Å². The van der Waals surface area contributed by atoms with Crippen LogP contribution in [0.15, 0.2) is 18.2 Å². The summed E-state index contributed by atoms with van der Waals surface area (Å²) in [6, 6.07) is 5.83. The molecule has 3 N–H and O–H groups in total. The zero-order chi connectivity index (χ0) is 18.4. The average molecular weight is 362 g/mol. The van der Waals surface area contributed by atoms with Gasteiger partial charge in [0, 0.05) is 26.3 Å². The van der Waals surface area contributed by atoms with Gasteiger partial charge in [-0.25, -0.2) is 0 Å². The normalized spacial score (nSPS) is 19.9. The van der Waals surface area contributed by atoms with Gasteiger partial charge in [-0.05, 0) is 56.2 Å². The molecule has 0 bridgehead atoms. The molecule has 0 radical (unpaired) electrons. The quantitative estimate of drug-likeness (QED) is 0.778. The molecule has 0 atom stereocenters. The Kier molecular flexibility index (Phi) is 6.38. The molecule has 1 aromatic carbocycles. The third kappa shape index (κ3) is 4.30. The van der Waals surface area contributed by atoms with Crippen LogP contribution in [0, 0.1) is 5.41 Å². The summed E-state index contributed by atoms with van der Waals surface area (Å²) in [6.45, 7) is 1.98. The van der Waals surface area contributed by atoms with Gasteiger partial charge in [-0.3, -0.25) is 4.79 Å². The monoisotopic (exact) mass is 362 g/mol. The first-order chi connectivity index (χ1) is 12.7. The molecule has 2 fully saturated rings. The van der Waals surface area contributed by atoms with Gasteiger partial charge in [0.15, 0.2) is 11.5 Å². The van der Waals surface area contributed by atoms with E-state index in [1.165, 1.54) is 12.8 Å². The van der Waals surface area contributed by atoms with Gasteiger partial charge in [0.1, 0.15) is 0 Å². The van der Waals surface area contributed by atoms with Gasteiger partial charge >= 0.3 is 0 Å². The second-order valence-corrected chi connectivity index (χ2v) is 7.29. The molecule has 0 spiro atoms. The van der Waals surface area contributed by atoms with Crippen molar-refractivity contribution in [1.82, 2.24) is 5.32 Å². The van der Waals surface area contributed by atoms with E-state index in [1.54, 1.807) is 7.11 Å². The molecule has 1 heterocycles. The Morgan fingerprint density at radius 3 is 2.65 bits per heavy atom. The second kappa shape index (κ2) is 8.73. The van der Waals surface area contributed by atoms with E-state index in [4.69, 9.17) is 19.9 Å². The third-order valence-corrected chi connectivity index (χ3v) is 5.60. The van der Waals surface area contributed by atoms with Crippen LogP contribution in [0.2, 0.25) is 0 Å². The molecule has 2 aliphatic rings. The summed E-state index contributed by atoms with van der Waals surface area (Å²) >= 11 is 0. The Bertz CT molecular complexity index is 608. The van der Waals surface area contributed by atoms with Crippen LogP contribution in [0.5, 0.6) is 11.5 Å². The summed E-state index contributed by atoms with van der Waals surface area (Å²) in [5, 5.41) is 3.05. The number of benzene rings is 1. The number of amides is 1. The van der Waals surface area contributed by atoms with Gasteiger partial charge in [-0.15, -0.1) is 0 Å². The SMILES string of the molecule is COc1ccc(CNC(=O)C2(CN)CCOCC2)cc1OC1CCCC1. The summed E-state index contributed by atoms with van der Waals surface area (Å²) < 4.78 is 16.9. The van der Waals surface area contributed by atoms with E-state index < -0.39 is 5.41 Å². The molecule has 6 heteroatoms. The van der Waals surface area contributed by atoms with Crippen molar-refractivity contribution >= 4 is 5.91 Å². The first-order valence-corrected chi connectivity index (χ1v) is 9.56. The Morgan fingerprint density at radius 1 is 1.27 bits per heavy atom. The lowest BCUT2D eigenvalue weighted by atomic mass is 9.79. The van der Waals surface area contributed by atoms with Crippen LogP contribution in [0.1, 0.15) is 44.1 Å². The molecule has 0 aromatic heterocycles. The molecular formula is C20H30N2O4. The van der Waals surface area contributed by atoms with Gasteiger partial charge < -0.3 is 25.3 Å². The summed E-state index contributed by atoms with van der Waals surface area (Å²) in [6.07, 6.45) is 6.22. The fourth-order valence-electron chi connectivity index (χ4n) is 3.76. The molecular weight excluding hydrogens is 332 g/mol. The molecule has 1 aliphatic heterocycles. The lowest BCUT2D eigenvalue weighted by molar-refractivity contribution is -0.136. The zero-order valence-corrected chi connectivity index (χ0v) is 15.6. The number of nitrogens with one attached hydrogen (secondary N) is 1. The van der Waals surface area contributed by atoms with Gasteiger partial charge in [0.2, 0.25) is 5.91 Å². The number of carbonyl (C=O) groups is 1. The maximum absolute atomic E-state index is 12.7. The Balaban J connectivity index is 1.64. The van der Waals surface area contributed by atoms with E-state index in [0.717, 1.165) is 29.9 Å². The number of hydrogen-bond donors (Lipinski definition) is 2. The zero-order valence-electron chi connectivity index (χ0n) is 15.6. The molecule has 3 rings (SSSR count). The van der Waals surface area contributed by atoms with E-state index >= 15 is 0 Å². The highest BCUT2D eigenvalue weighted by atomic mass is 16.5. The Hall–Kier alpha value is -1.79. The standard InChI is InChI=1S/C20H30N2O4/c1-24-17-7-6-15(12-18(17)26-16-4-2-3-5-16)13-22-19(23)20(14-21)8-10-25-11-9-20/h6-7,12,16H,2-5,8-11,13-14,21H2,1H3,(H,22,23).